The fourth-order valence-corrected chi connectivity index (χ4v) is 1.44. The molecule has 0 spiro atoms. The van der Waals surface area contributed by atoms with Crippen molar-refractivity contribution in [3.05, 3.63) is 12.0 Å². The minimum absolute atomic E-state index is 0.0210. The molecular weight excluding hydrogens is 252 g/mol. The van der Waals surface area contributed by atoms with Crippen molar-refractivity contribution in [1.29, 1.82) is 0 Å². The highest BCUT2D eigenvalue weighted by atomic mass is 16.5. The molecule has 0 aromatic carbocycles. The van der Waals surface area contributed by atoms with Gasteiger partial charge in [-0.15, -0.1) is 0 Å². The summed E-state index contributed by atoms with van der Waals surface area (Å²) >= 11 is 0. The summed E-state index contributed by atoms with van der Waals surface area (Å²) in [4.78, 5) is 28.4. The topological polar surface area (TPSA) is 81.9 Å². The number of methoxy groups -OCH3 is 1. The van der Waals surface area contributed by atoms with Crippen LogP contribution in [0.3, 0.4) is 0 Å². The Balaban J connectivity index is 2.79. The van der Waals surface area contributed by atoms with Gasteiger partial charge in [0.05, 0.1) is 13.7 Å². The van der Waals surface area contributed by atoms with Gasteiger partial charge in [0, 0.05) is 6.54 Å². The molecule has 0 unspecified atom stereocenters. The molecular formula is C12H18N2O5. The van der Waals surface area contributed by atoms with Crippen LogP contribution >= 0.6 is 0 Å². The predicted molar refractivity (Wildman–Crippen MR) is 67.0 cm³/mol. The summed E-state index contributed by atoms with van der Waals surface area (Å²) in [6.45, 7) is 4.52. The van der Waals surface area contributed by atoms with Crippen molar-refractivity contribution in [2.45, 2.75) is 20.3 Å². The lowest BCUT2D eigenvalue weighted by molar-refractivity contribution is -0.139. The van der Waals surface area contributed by atoms with E-state index in [2.05, 4.69) is 9.72 Å². The third-order valence-electron chi connectivity index (χ3n) is 2.29. The van der Waals surface area contributed by atoms with Gasteiger partial charge in [0.15, 0.2) is 5.69 Å². The molecule has 0 aliphatic heterocycles. The van der Waals surface area contributed by atoms with Crippen molar-refractivity contribution < 1.29 is 23.5 Å². The fourth-order valence-electron chi connectivity index (χ4n) is 1.44. The zero-order valence-electron chi connectivity index (χ0n) is 11.3. The Bertz CT molecular complexity index is 430. The van der Waals surface area contributed by atoms with Gasteiger partial charge in [-0.05, 0) is 13.3 Å². The van der Waals surface area contributed by atoms with Crippen molar-refractivity contribution in [2.24, 2.45) is 0 Å². The zero-order chi connectivity index (χ0) is 14.3. The van der Waals surface area contributed by atoms with Crippen LogP contribution in [0, 0.1) is 0 Å². The Hall–Kier alpha value is -2.05. The summed E-state index contributed by atoms with van der Waals surface area (Å²) in [5, 5.41) is 0. The minimum atomic E-state index is -0.549. The average Bonchev–Trinajstić information content (AvgIpc) is 2.88. The first kappa shape index (κ1) is 15.0. The van der Waals surface area contributed by atoms with Crippen LogP contribution < -0.4 is 4.90 Å². The monoisotopic (exact) mass is 270 g/mol. The molecule has 1 rings (SSSR count). The van der Waals surface area contributed by atoms with E-state index in [9.17, 15) is 9.59 Å². The maximum Gasteiger partial charge on any atom is 0.360 e. The summed E-state index contributed by atoms with van der Waals surface area (Å²) < 4.78 is 14.6. The maximum atomic E-state index is 11.5. The van der Waals surface area contributed by atoms with E-state index in [4.69, 9.17) is 9.15 Å². The van der Waals surface area contributed by atoms with Crippen LogP contribution in [0.2, 0.25) is 0 Å². The highest BCUT2D eigenvalue weighted by Gasteiger charge is 2.19. The molecule has 1 heterocycles. The lowest BCUT2D eigenvalue weighted by Crippen LogP contribution is -2.31. The molecule has 0 saturated carbocycles. The largest absolute Gasteiger partial charge is 0.468 e. The standard InChI is InChI=1S/C12H18N2O5/c1-4-6-14(7-10(15)17-3)12-13-9(8-19-12)11(16)18-5-2/h8H,4-7H2,1-3H3. The van der Waals surface area contributed by atoms with Crippen LogP contribution in [0.25, 0.3) is 0 Å². The van der Waals surface area contributed by atoms with Crippen LogP contribution in [0.4, 0.5) is 6.01 Å². The molecule has 0 bridgehead atoms. The Morgan fingerprint density at radius 2 is 2.16 bits per heavy atom. The number of hydrogen-bond donors (Lipinski definition) is 0. The van der Waals surface area contributed by atoms with Gasteiger partial charge in [0.1, 0.15) is 12.8 Å². The summed E-state index contributed by atoms with van der Waals surface area (Å²) in [6, 6.07) is 0.204. The summed E-state index contributed by atoms with van der Waals surface area (Å²) in [5.41, 5.74) is 0.0859. The Labute approximate surface area is 111 Å². The molecule has 19 heavy (non-hydrogen) atoms. The molecule has 0 N–H and O–H groups in total. The van der Waals surface area contributed by atoms with E-state index in [1.165, 1.54) is 13.4 Å². The second-order valence-electron chi connectivity index (χ2n) is 3.73. The summed E-state index contributed by atoms with van der Waals surface area (Å²) in [5.74, 6) is -0.948. The lowest BCUT2D eigenvalue weighted by Gasteiger charge is -2.17. The van der Waals surface area contributed by atoms with Crippen LogP contribution in [0.15, 0.2) is 10.7 Å². The number of aromatic nitrogens is 1. The molecule has 1 aromatic rings. The van der Waals surface area contributed by atoms with Gasteiger partial charge in [0.25, 0.3) is 6.01 Å². The Morgan fingerprint density at radius 1 is 1.42 bits per heavy atom. The number of anilines is 1. The molecule has 7 heteroatoms. The smallest absolute Gasteiger partial charge is 0.360 e. The number of carbonyl (C=O) groups is 2. The number of oxazole rings is 1. The third-order valence-corrected chi connectivity index (χ3v) is 2.29. The molecule has 0 amide bonds. The van der Waals surface area contributed by atoms with Gasteiger partial charge in [-0.2, -0.15) is 4.98 Å². The number of rotatable bonds is 7. The quantitative estimate of drug-likeness (QED) is 0.689. The molecule has 0 fully saturated rings. The Morgan fingerprint density at radius 3 is 2.74 bits per heavy atom. The summed E-state index contributed by atoms with van der Waals surface area (Å²) in [6.07, 6.45) is 2.02. The van der Waals surface area contributed by atoms with Gasteiger partial charge < -0.3 is 18.8 Å². The molecule has 0 radical (unpaired) electrons. The maximum absolute atomic E-state index is 11.5. The van der Waals surface area contributed by atoms with E-state index in [-0.39, 0.29) is 24.9 Å². The number of hydrogen-bond acceptors (Lipinski definition) is 7. The van der Waals surface area contributed by atoms with Crippen molar-refractivity contribution in [3.63, 3.8) is 0 Å². The molecule has 0 saturated heterocycles. The highest BCUT2D eigenvalue weighted by molar-refractivity contribution is 5.87. The van der Waals surface area contributed by atoms with Crippen LogP contribution in [0.5, 0.6) is 0 Å². The second kappa shape index (κ2) is 7.40. The molecule has 106 valence electrons. The molecule has 7 nitrogen and oxygen atoms in total. The first-order valence-electron chi connectivity index (χ1n) is 6.06. The van der Waals surface area contributed by atoms with E-state index in [1.54, 1.807) is 11.8 Å². The van der Waals surface area contributed by atoms with Gasteiger partial charge in [0.2, 0.25) is 0 Å². The van der Waals surface area contributed by atoms with Gasteiger partial charge in [-0.25, -0.2) is 4.79 Å². The van der Waals surface area contributed by atoms with Gasteiger partial charge in [-0.3, -0.25) is 4.79 Å². The molecule has 1 aromatic heterocycles. The number of carbonyl (C=O) groups excluding carboxylic acids is 2. The van der Waals surface area contributed by atoms with Crippen molar-refractivity contribution in [2.75, 3.05) is 31.7 Å². The third kappa shape index (κ3) is 4.27. The summed E-state index contributed by atoms with van der Waals surface area (Å²) in [7, 11) is 1.31. The van der Waals surface area contributed by atoms with Crippen LogP contribution in [-0.4, -0.2) is 43.7 Å². The fraction of sp³-hybridized carbons (Fsp3) is 0.583. The predicted octanol–water partition coefficient (Wildman–Crippen LogP) is 1.24. The first-order chi connectivity index (χ1) is 9.12. The van der Waals surface area contributed by atoms with E-state index in [0.29, 0.717) is 6.54 Å². The SMILES string of the molecule is CCCN(CC(=O)OC)c1nc(C(=O)OCC)co1. The lowest BCUT2D eigenvalue weighted by atomic mass is 10.4. The average molecular weight is 270 g/mol. The van der Waals surface area contributed by atoms with E-state index < -0.39 is 11.9 Å². The van der Waals surface area contributed by atoms with E-state index >= 15 is 0 Å². The minimum Gasteiger partial charge on any atom is -0.468 e. The Kier molecular flexibility index (Phi) is 5.84. The van der Waals surface area contributed by atoms with Crippen molar-refractivity contribution >= 4 is 18.0 Å². The van der Waals surface area contributed by atoms with Gasteiger partial charge in [-0.1, -0.05) is 6.92 Å². The highest BCUT2D eigenvalue weighted by Crippen LogP contribution is 2.14. The number of nitrogens with zero attached hydrogens (tertiary/aromatic N) is 2. The van der Waals surface area contributed by atoms with Gasteiger partial charge >= 0.3 is 11.9 Å². The van der Waals surface area contributed by atoms with E-state index in [1.807, 2.05) is 6.92 Å². The number of ether oxygens (including phenoxy) is 2. The van der Waals surface area contributed by atoms with Crippen molar-refractivity contribution in [3.8, 4) is 0 Å². The first-order valence-corrected chi connectivity index (χ1v) is 6.06. The zero-order valence-corrected chi connectivity index (χ0v) is 11.3. The second-order valence-corrected chi connectivity index (χ2v) is 3.73. The van der Waals surface area contributed by atoms with E-state index in [0.717, 1.165) is 6.42 Å². The molecule has 0 aliphatic carbocycles. The molecule has 0 aliphatic rings. The normalized spacial score (nSPS) is 10.1. The van der Waals surface area contributed by atoms with Crippen LogP contribution in [0.1, 0.15) is 30.8 Å². The number of esters is 2. The van der Waals surface area contributed by atoms with Crippen molar-refractivity contribution in [1.82, 2.24) is 4.98 Å². The van der Waals surface area contributed by atoms with Crippen LogP contribution in [-0.2, 0) is 14.3 Å². The molecule has 0 atom stereocenters.